The lowest BCUT2D eigenvalue weighted by molar-refractivity contribution is 0.0550. The Morgan fingerprint density at radius 3 is 2.75 bits per heavy atom. The van der Waals surface area contributed by atoms with Gasteiger partial charge in [0.25, 0.3) is 0 Å². The van der Waals surface area contributed by atoms with Crippen molar-refractivity contribution >= 4 is 5.97 Å². The maximum atomic E-state index is 10.7. The zero-order valence-electron chi connectivity index (χ0n) is 9.30. The first kappa shape index (κ1) is 12.4. The van der Waals surface area contributed by atoms with E-state index >= 15 is 0 Å². The van der Waals surface area contributed by atoms with Crippen LogP contribution in [0.2, 0.25) is 0 Å². The number of carboxylic acids is 1. The summed E-state index contributed by atoms with van der Waals surface area (Å²) in [5.74, 6) is -0.649. The largest absolute Gasteiger partial charge is 0.492 e. The summed E-state index contributed by atoms with van der Waals surface area (Å²) in [5, 5.41) is 18.2. The molecule has 0 aliphatic rings. The zero-order chi connectivity index (χ0) is 12.2. The van der Waals surface area contributed by atoms with E-state index in [9.17, 15) is 9.90 Å². The van der Waals surface area contributed by atoms with Crippen molar-refractivity contribution in [3.05, 3.63) is 24.0 Å². The van der Waals surface area contributed by atoms with Crippen molar-refractivity contribution in [2.45, 2.75) is 25.9 Å². The third-order valence-corrected chi connectivity index (χ3v) is 1.94. The second-order valence-electron chi connectivity index (χ2n) is 4.13. The predicted molar refractivity (Wildman–Crippen MR) is 57.6 cm³/mol. The molecule has 0 unspecified atom stereocenters. The molecule has 0 bridgehead atoms. The second-order valence-corrected chi connectivity index (χ2v) is 4.13. The summed E-state index contributed by atoms with van der Waals surface area (Å²) in [5.41, 5.74) is -0.710. The molecule has 0 radical (unpaired) electrons. The van der Waals surface area contributed by atoms with Crippen LogP contribution in [0.5, 0.6) is 5.75 Å². The van der Waals surface area contributed by atoms with Crippen molar-refractivity contribution in [2.75, 3.05) is 6.61 Å². The van der Waals surface area contributed by atoms with E-state index in [0.29, 0.717) is 18.8 Å². The van der Waals surface area contributed by atoms with Gasteiger partial charge in [-0.15, -0.1) is 0 Å². The Bertz CT molecular complexity index is 370. The molecule has 1 aromatic rings. The van der Waals surface area contributed by atoms with E-state index in [0.717, 1.165) is 0 Å². The van der Waals surface area contributed by atoms with Crippen LogP contribution in [0.3, 0.4) is 0 Å². The summed E-state index contributed by atoms with van der Waals surface area (Å²) < 4.78 is 5.29. The lowest BCUT2D eigenvalue weighted by Crippen LogP contribution is -2.21. The molecule has 0 aliphatic carbocycles. The molecule has 0 atom stereocenters. The summed E-state index contributed by atoms with van der Waals surface area (Å²) in [4.78, 5) is 14.4. The van der Waals surface area contributed by atoms with E-state index in [-0.39, 0.29) is 5.56 Å². The molecule has 1 heterocycles. The Balaban J connectivity index is 2.55. The molecular weight excluding hydrogens is 210 g/mol. The maximum Gasteiger partial charge on any atom is 0.337 e. The van der Waals surface area contributed by atoms with Crippen LogP contribution in [0.25, 0.3) is 0 Å². The van der Waals surface area contributed by atoms with Gasteiger partial charge in [-0.2, -0.15) is 0 Å². The van der Waals surface area contributed by atoms with Gasteiger partial charge in [-0.3, -0.25) is 4.98 Å². The molecule has 88 valence electrons. The van der Waals surface area contributed by atoms with Crippen molar-refractivity contribution in [3.63, 3.8) is 0 Å². The van der Waals surface area contributed by atoms with Gasteiger partial charge in [-0.25, -0.2) is 4.79 Å². The summed E-state index contributed by atoms with van der Waals surface area (Å²) in [6, 6.07) is 1.40. The first-order valence-electron chi connectivity index (χ1n) is 4.92. The third-order valence-electron chi connectivity index (χ3n) is 1.94. The fourth-order valence-corrected chi connectivity index (χ4v) is 1.03. The molecule has 5 heteroatoms. The number of rotatable bonds is 5. The predicted octanol–water partition coefficient (Wildman–Crippen LogP) is 1.32. The Labute approximate surface area is 93.7 Å². The van der Waals surface area contributed by atoms with Crippen LogP contribution in [-0.4, -0.2) is 33.4 Å². The molecule has 1 rings (SSSR count). The standard InChI is InChI=1S/C11H15NO4/c1-11(2,15)3-4-16-9-5-8(10(13)14)6-12-7-9/h5-7,15H,3-4H2,1-2H3,(H,13,14). The van der Waals surface area contributed by atoms with E-state index < -0.39 is 11.6 Å². The smallest absolute Gasteiger partial charge is 0.337 e. The van der Waals surface area contributed by atoms with Crippen LogP contribution in [0, 0.1) is 0 Å². The van der Waals surface area contributed by atoms with Crippen molar-refractivity contribution in [1.82, 2.24) is 4.98 Å². The van der Waals surface area contributed by atoms with Gasteiger partial charge in [0.2, 0.25) is 0 Å². The molecule has 5 nitrogen and oxygen atoms in total. The van der Waals surface area contributed by atoms with Crippen LogP contribution in [-0.2, 0) is 0 Å². The number of carbonyl (C=O) groups is 1. The van der Waals surface area contributed by atoms with Gasteiger partial charge in [0.05, 0.1) is 24.0 Å². The molecule has 0 spiro atoms. The normalized spacial score (nSPS) is 11.2. The third kappa shape index (κ3) is 4.27. The minimum atomic E-state index is -1.04. The van der Waals surface area contributed by atoms with E-state index in [1.54, 1.807) is 13.8 Å². The minimum Gasteiger partial charge on any atom is -0.492 e. The highest BCUT2D eigenvalue weighted by Crippen LogP contribution is 2.13. The Morgan fingerprint density at radius 2 is 2.19 bits per heavy atom. The monoisotopic (exact) mass is 225 g/mol. The van der Waals surface area contributed by atoms with Gasteiger partial charge < -0.3 is 14.9 Å². The molecule has 0 amide bonds. The molecule has 0 saturated carbocycles. The van der Waals surface area contributed by atoms with Crippen LogP contribution >= 0.6 is 0 Å². The quantitative estimate of drug-likeness (QED) is 0.790. The molecule has 0 saturated heterocycles. The zero-order valence-corrected chi connectivity index (χ0v) is 9.30. The fraction of sp³-hybridized carbons (Fsp3) is 0.455. The van der Waals surface area contributed by atoms with Crippen molar-refractivity contribution < 1.29 is 19.7 Å². The highest BCUT2D eigenvalue weighted by Gasteiger charge is 2.12. The van der Waals surface area contributed by atoms with Gasteiger partial charge in [-0.05, 0) is 19.9 Å². The molecule has 0 fully saturated rings. The first-order valence-corrected chi connectivity index (χ1v) is 4.92. The number of aromatic carboxylic acids is 1. The van der Waals surface area contributed by atoms with Crippen LogP contribution in [0.15, 0.2) is 18.5 Å². The molecule has 1 aromatic heterocycles. The topological polar surface area (TPSA) is 79.7 Å². The van der Waals surface area contributed by atoms with Gasteiger partial charge >= 0.3 is 5.97 Å². The summed E-state index contributed by atoms with van der Waals surface area (Å²) in [6.07, 6.45) is 3.16. The Kier molecular flexibility index (Phi) is 3.84. The molecule has 0 aliphatic heterocycles. The van der Waals surface area contributed by atoms with Gasteiger partial charge in [0, 0.05) is 12.6 Å². The van der Waals surface area contributed by atoms with Crippen LogP contribution < -0.4 is 4.74 Å². The number of hydrogen-bond donors (Lipinski definition) is 2. The number of ether oxygens (including phenoxy) is 1. The van der Waals surface area contributed by atoms with Crippen LogP contribution in [0.1, 0.15) is 30.6 Å². The minimum absolute atomic E-state index is 0.0840. The van der Waals surface area contributed by atoms with Crippen molar-refractivity contribution in [1.29, 1.82) is 0 Å². The Hall–Kier alpha value is -1.62. The Morgan fingerprint density at radius 1 is 1.50 bits per heavy atom. The van der Waals surface area contributed by atoms with Gasteiger partial charge in [0.1, 0.15) is 5.75 Å². The first-order chi connectivity index (χ1) is 7.38. The molecular formula is C11H15NO4. The highest BCUT2D eigenvalue weighted by molar-refractivity contribution is 5.87. The molecule has 2 N–H and O–H groups in total. The summed E-state index contributed by atoms with van der Waals surface area (Å²) >= 11 is 0. The lowest BCUT2D eigenvalue weighted by Gasteiger charge is -2.16. The van der Waals surface area contributed by atoms with Gasteiger partial charge in [0.15, 0.2) is 0 Å². The van der Waals surface area contributed by atoms with Gasteiger partial charge in [-0.1, -0.05) is 0 Å². The van der Waals surface area contributed by atoms with Crippen LogP contribution in [0.4, 0.5) is 0 Å². The fourth-order valence-electron chi connectivity index (χ4n) is 1.03. The average molecular weight is 225 g/mol. The molecule has 0 aromatic carbocycles. The second kappa shape index (κ2) is 4.94. The average Bonchev–Trinajstić information content (AvgIpc) is 2.16. The van der Waals surface area contributed by atoms with E-state index in [4.69, 9.17) is 9.84 Å². The SMILES string of the molecule is CC(C)(O)CCOc1cncc(C(=O)O)c1. The van der Waals surface area contributed by atoms with Crippen molar-refractivity contribution in [2.24, 2.45) is 0 Å². The number of pyridine rings is 1. The van der Waals surface area contributed by atoms with E-state index in [1.807, 2.05) is 0 Å². The van der Waals surface area contributed by atoms with E-state index in [1.165, 1.54) is 18.5 Å². The number of hydrogen-bond acceptors (Lipinski definition) is 4. The summed E-state index contributed by atoms with van der Waals surface area (Å²) in [7, 11) is 0. The number of nitrogens with zero attached hydrogens (tertiary/aromatic N) is 1. The highest BCUT2D eigenvalue weighted by atomic mass is 16.5. The number of aromatic nitrogens is 1. The molecule has 16 heavy (non-hydrogen) atoms. The summed E-state index contributed by atoms with van der Waals surface area (Å²) in [6.45, 7) is 3.68. The number of carboxylic acid groups (broad SMARTS) is 1. The van der Waals surface area contributed by atoms with Crippen molar-refractivity contribution in [3.8, 4) is 5.75 Å². The lowest BCUT2D eigenvalue weighted by atomic mass is 10.1. The number of aliphatic hydroxyl groups is 1. The maximum absolute atomic E-state index is 10.7. The van der Waals surface area contributed by atoms with E-state index in [2.05, 4.69) is 4.98 Å².